The van der Waals surface area contributed by atoms with E-state index < -0.39 is 17.3 Å². The highest BCUT2D eigenvalue weighted by atomic mass is 19.4. The maximum Gasteiger partial charge on any atom is 0.419 e. The lowest BCUT2D eigenvalue weighted by Gasteiger charge is -2.61. The summed E-state index contributed by atoms with van der Waals surface area (Å²) in [5, 5.41) is 14.5. The number of hydrogen-bond acceptors (Lipinski definition) is 3. The van der Waals surface area contributed by atoms with E-state index in [1.165, 1.54) is 6.42 Å². The number of carbonyl (C=O) groups is 1. The standard InChI is InChI=1S/C26H37F3N2O2/c1-23(33)10-11-24(2)16(12-23)4-5-18-19-6-7-21(25(19,3)9-8-20(18)24)22(32)15-31-14-17(13-30-31)26(27,28)29/h13-14,16,18-21,33H,4-12,15H2,1-3H3/t16-,18-,19-,20-,21+,23+,24?,25-/m0/s1. The Kier molecular flexibility index (Phi) is 5.36. The third-order valence-corrected chi connectivity index (χ3v) is 10.6. The van der Waals surface area contributed by atoms with E-state index >= 15 is 0 Å². The Bertz CT molecular complexity index is 925. The number of carbonyl (C=O) groups excluding carboxylic acids is 1. The van der Waals surface area contributed by atoms with Gasteiger partial charge in [-0.25, -0.2) is 0 Å². The van der Waals surface area contributed by atoms with Crippen molar-refractivity contribution < 1.29 is 23.1 Å². The van der Waals surface area contributed by atoms with Crippen LogP contribution in [0.1, 0.15) is 84.1 Å². The largest absolute Gasteiger partial charge is 0.419 e. The summed E-state index contributed by atoms with van der Waals surface area (Å²) in [6, 6.07) is 0. The second-order valence-corrected chi connectivity index (χ2v) is 12.4. The van der Waals surface area contributed by atoms with Crippen molar-refractivity contribution in [3.63, 3.8) is 0 Å². The first-order valence-electron chi connectivity index (χ1n) is 12.7. The number of ketones is 1. The number of aliphatic hydroxyl groups is 1. The quantitative estimate of drug-likeness (QED) is 0.605. The minimum absolute atomic E-state index is 0.0314. The van der Waals surface area contributed by atoms with Crippen LogP contribution in [0.2, 0.25) is 0 Å². The van der Waals surface area contributed by atoms with Crippen LogP contribution in [-0.4, -0.2) is 26.3 Å². The predicted molar refractivity (Wildman–Crippen MR) is 118 cm³/mol. The summed E-state index contributed by atoms with van der Waals surface area (Å²) >= 11 is 0. The fraction of sp³-hybridized carbons (Fsp3) is 0.846. The molecular weight excluding hydrogens is 429 g/mol. The maximum absolute atomic E-state index is 13.3. The van der Waals surface area contributed by atoms with Gasteiger partial charge < -0.3 is 5.11 Å². The Labute approximate surface area is 194 Å². The summed E-state index contributed by atoms with van der Waals surface area (Å²) < 4.78 is 39.9. The Hall–Kier alpha value is -1.37. The number of halogens is 3. The van der Waals surface area contributed by atoms with Crippen molar-refractivity contribution in [3.8, 4) is 0 Å². The number of Topliss-reactive ketones (excluding diaryl/α,β-unsaturated/α-hetero) is 1. The molecule has 0 radical (unpaired) electrons. The Morgan fingerprint density at radius 3 is 2.48 bits per heavy atom. The molecule has 0 spiro atoms. The van der Waals surface area contributed by atoms with E-state index in [-0.39, 0.29) is 29.1 Å². The second kappa shape index (κ2) is 7.56. The van der Waals surface area contributed by atoms with Crippen LogP contribution in [-0.2, 0) is 17.5 Å². The van der Waals surface area contributed by atoms with Gasteiger partial charge >= 0.3 is 6.18 Å². The minimum atomic E-state index is -4.44. The van der Waals surface area contributed by atoms with Gasteiger partial charge in [-0.3, -0.25) is 9.48 Å². The fourth-order valence-electron chi connectivity index (χ4n) is 8.83. The summed E-state index contributed by atoms with van der Waals surface area (Å²) in [7, 11) is 0. The number of nitrogens with zero attached hydrogens (tertiary/aromatic N) is 2. The van der Waals surface area contributed by atoms with Crippen LogP contribution in [0.5, 0.6) is 0 Å². The average Bonchev–Trinajstić information content (AvgIpc) is 3.32. The zero-order valence-electron chi connectivity index (χ0n) is 20.0. The van der Waals surface area contributed by atoms with Gasteiger partial charge in [-0.05, 0) is 99.2 Å². The normalized spacial score (nSPS) is 45.2. The molecule has 5 rings (SSSR count). The molecule has 1 unspecified atom stereocenters. The van der Waals surface area contributed by atoms with Crippen LogP contribution in [0.15, 0.2) is 12.4 Å². The average molecular weight is 467 g/mol. The van der Waals surface area contributed by atoms with Crippen LogP contribution >= 0.6 is 0 Å². The molecule has 1 aromatic heterocycles. The topological polar surface area (TPSA) is 55.1 Å². The van der Waals surface area contributed by atoms with E-state index in [0.29, 0.717) is 23.7 Å². The lowest BCUT2D eigenvalue weighted by atomic mass is 9.44. The molecule has 4 nitrogen and oxygen atoms in total. The molecule has 7 heteroatoms. The first kappa shape index (κ1) is 23.4. The van der Waals surface area contributed by atoms with Crippen molar-refractivity contribution in [2.24, 2.45) is 40.4 Å². The first-order valence-corrected chi connectivity index (χ1v) is 12.7. The molecule has 0 aliphatic heterocycles. The van der Waals surface area contributed by atoms with Gasteiger partial charge in [-0.15, -0.1) is 0 Å². The van der Waals surface area contributed by atoms with E-state index in [4.69, 9.17) is 0 Å². The lowest BCUT2D eigenvalue weighted by Crippen LogP contribution is -2.55. The molecule has 0 saturated heterocycles. The second-order valence-electron chi connectivity index (χ2n) is 12.4. The SMILES string of the molecule is CC12CC[C@@](C)(O)C[C@@H]1CC[C@@H]1[C@@H]2CC[C@]2(C)[C@@H](C(=O)Cn3cc(C(F)(F)F)cn3)CC[C@@H]12. The van der Waals surface area contributed by atoms with Crippen LogP contribution in [0, 0.1) is 40.4 Å². The summed E-state index contributed by atoms with van der Waals surface area (Å²) in [5.41, 5.74) is -1.13. The van der Waals surface area contributed by atoms with Gasteiger partial charge in [-0.2, -0.15) is 18.3 Å². The van der Waals surface area contributed by atoms with Gasteiger partial charge in [0.05, 0.1) is 23.9 Å². The predicted octanol–water partition coefficient (Wildman–Crippen LogP) is 5.88. The number of fused-ring (bicyclic) bond motifs is 5. The van der Waals surface area contributed by atoms with Crippen LogP contribution in [0.3, 0.4) is 0 Å². The molecule has 33 heavy (non-hydrogen) atoms. The zero-order valence-corrected chi connectivity index (χ0v) is 20.0. The number of alkyl halides is 3. The fourth-order valence-corrected chi connectivity index (χ4v) is 8.83. The van der Waals surface area contributed by atoms with Crippen LogP contribution < -0.4 is 0 Å². The zero-order chi connectivity index (χ0) is 23.8. The van der Waals surface area contributed by atoms with Crippen molar-refractivity contribution in [1.82, 2.24) is 9.78 Å². The summed E-state index contributed by atoms with van der Waals surface area (Å²) in [4.78, 5) is 13.3. The van der Waals surface area contributed by atoms with E-state index in [9.17, 15) is 23.1 Å². The molecule has 0 bridgehead atoms. The van der Waals surface area contributed by atoms with Crippen LogP contribution in [0.25, 0.3) is 0 Å². The Balaban J connectivity index is 1.31. The molecule has 1 aromatic rings. The van der Waals surface area contributed by atoms with E-state index in [1.807, 2.05) is 6.92 Å². The van der Waals surface area contributed by atoms with Gasteiger partial charge in [0, 0.05) is 12.1 Å². The van der Waals surface area contributed by atoms with E-state index in [0.717, 1.165) is 68.4 Å². The van der Waals surface area contributed by atoms with Crippen molar-refractivity contribution in [3.05, 3.63) is 18.0 Å². The first-order chi connectivity index (χ1) is 15.3. The molecule has 4 fully saturated rings. The molecule has 184 valence electrons. The number of rotatable bonds is 3. The van der Waals surface area contributed by atoms with Gasteiger partial charge in [0.15, 0.2) is 5.78 Å². The Morgan fingerprint density at radius 2 is 1.79 bits per heavy atom. The minimum Gasteiger partial charge on any atom is -0.390 e. The molecule has 0 aromatic carbocycles. The summed E-state index contributed by atoms with van der Waals surface area (Å²) in [6.45, 7) is 6.64. The summed E-state index contributed by atoms with van der Waals surface area (Å²) in [6.07, 6.45) is 6.52. The lowest BCUT2D eigenvalue weighted by molar-refractivity contribution is -0.151. The highest BCUT2D eigenvalue weighted by Crippen LogP contribution is 2.68. The third kappa shape index (κ3) is 3.77. The summed E-state index contributed by atoms with van der Waals surface area (Å²) in [5.74, 6) is 2.29. The Morgan fingerprint density at radius 1 is 1.06 bits per heavy atom. The molecule has 8 atom stereocenters. The number of hydrogen-bond donors (Lipinski definition) is 1. The highest BCUT2D eigenvalue weighted by Gasteiger charge is 2.61. The molecule has 4 aliphatic carbocycles. The molecular formula is C26H37F3N2O2. The van der Waals surface area contributed by atoms with E-state index in [2.05, 4.69) is 18.9 Å². The third-order valence-electron chi connectivity index (χ3n) is 10.6. The van der Waals surface area contributed by atoms with Crippen molar-refractivity contribution in [1.29, 1.82) is 0 Å². The monoisotopic (exact) mass is 466 g/mol. The van der Waals surface area contributed by atoms with Crippen molar-refractivity contribution in [2.75, 3.05) is 0 Å². The maximum atomic E-state index is 13.3. The molecule has 4 saturated carbocycles. The van der Waals surface area contributed by atoms with Crippen molar-refractivity contribution >= 4 is 5.78 Å². The number of aromatic nitrogens is 2. The molecule has 4 aliphatic rings. The molecule has 1 heterocycles. The molecule has 0 amide bonds. The molecule has 1 N–H and O–H groups in total. The van der Waals surface area contributed by atoms with Crippen LogP contribution in [0.4, 0.5) is 13.2 Å². The smallest absolute Gasteiger partial charge is 0.390 e. The van der Waals surface area contributed by atoms with Crippen molar-refractivity contribution in [2.45, 2.75) is 96.9 Å². The van der Waals surface area contributed by atoms with Gasteiger partial charge in [-0.1, -0.05) is 13.8 Å². The highest BCUT2D eigenvalue weighted by molar-refractivity contribution is 5.82. The van der Waals surface area contributed by atoms with Gasteiger partial charge in [0.1, 0.15) is 0 Å². The van der Waals surface area contributed by atoms with Gasteiger partial charge in [0.25, 0.3) is 0 Å². The van der Waals surface area contributed by atoms with E-state index in [1.54, 1.807) is 0 Å². The van der Waals surface area contributed by atoms with Gasteiger partial charge in [0.2, 0.25) is 0 Å².